The number of urea groups is 1. The lowest BCUT2D eigenvalue weighted by atomic mass is 9.67. The van der Waals surface area contributed by atoms with Gasteiger partial charge in [0.15, 0.2) is 0 Å². The third kappa shape index (κ3) is 4.92. The summed E-state index contributed by atoms with van der Waals surface area (Å²) in [6.07, 6.45) is 6.71. The molecule has 2 heterocycles. The van der Waals surface area contributed by atoms with Crippen LogP contribution < -0.4 is 16.0 Å². The summed E-state index contributed by atoms with van der Waals surface area (Å²) in [5.41, 5.74) is 1.79. The molecule has 3 amide bonds. The topological polar surface area (TPSA) is 73.5 Å². The minimum atomic E-state index is -0.178. The molecule has 3 aliphatic rings. The van der Waals surface area contributed by atoms with Crippen molar-refractivity contribution < 1.29 is 9.59 Å². The zero-order valence-corrected chi connectivity index (χ0v) is 18.7. The summed E-state index contributed by atoms with van der Waals surface area (Å²) in [4.78, 5) is 27.8. The van der Waals surface area contributed by atoms with Gasteiger partial charge in [0.25, 0.3) is 0 Å². The fourth-order valence-electron chi connectivity index (χ4n) is 5.45. The molecule has 3 atom stereocenters. The molecule has 0 radical (unpaired) electrons. The number of nitrogens with zero attached hydrogens (tertiary/aromatic N) is 1. The minimum absolute atomic E-state index is 0. The van der Waals surface area contributed by atoms with Gasteiger partial charge in [-0.25, -0.2) is 4.79 Å². The molecule has 0 spiro atoms. The van der Waals surface area contributed by atoms with E-state index in [9.17, 15) is 9.59 Å². The molecule has 1 aliphatic carbocycles. The second kappa shape index (κ2) is 10.0. The Balaban J connectivity index is 0.00000256. The molecule has 1 aromatic rings. The number of hydrogen-bond acceptors (Lipinski definition) is 3. The van der Waals surface area contributed by atoms with Gasteiger partial charge in [0.05, 0.1) is 5.41 Å². The molecule has 1 saturated carbocycles. The van der Waals surface area contributed by atoms with Crippen LogP contribution in [0.25, 0.3) is 0 Å². The van der Waals surface area contributed by atoms with Crippen LogP contribution in [0.4, 0.5) is 10.5 Å². The molecule has 6 nitrogen and oxygen atoms in total. The zero-order valence-electron chi connectivity index (χ0n) is 17.9. The first kappa shape index (κ1) is 22.9. The van der Waals surface area contributed by atoms with Crippen LogP contribution in [-0.4, -0.2) is 49.6 Å². The Morgan fingerprint density at radius 1 is 1.17 bits per heavy atom. The number of aryl methyl sites for hydroxylation is 1. The Morgan fingerprint density at radius 3 is 2.77 bits per heavy atom. The van der Waals surface area contributed by atoms with Crippen molar-refractivity contribution in [2.24, 2.45) is 17.3 Å². The fourth-order valence-corrected chi connectivity index (χ4v) is 5.45. The van der Waals surface area contributed by atoms with E-state index in [1.807, 2.05) is 31.2 Å². The molecule has 7 heteroatoms. The summed E-state index contributed by atoms with van der Waals surface area (Å²) in [6, 6.07) is 7.60. The number of benzene rings is 1. The minimum Gasteiger partial charge on any atom is -0.342 e. The number of anilines is 1. The normalized spacial score (nSPS) is 28.2. The van der Waals surface area contributed by atoms with Gasteiger partial charge in [-0.05, 0) is 63.1 Å². The van der Waals surface area contributed by atoms with E-state index in [2.05, 4.69) is 20.9 Å². The molecule has 30 heavy (non-hydrogen) atoms. The van der Waals surface area contributed by atoms with E-state index in [4.69, 9.17) is 0 Å². The van der Waals surface area contributed by atoms with Gasteiger partial charge in [-0.15, -0.1) is 12.4 Å². The van der Waals surface area contributed by atoms with Gasteiger partial charge >= 0.3 is 6.03 Å². The standard InChI is InChI=1S/C23H34N4O2.ClH/c1-17-7-9-20(10-8-17)26-22(29)25-13-18-5-4-12-27(15-18)21(28)23-11-3-2-6-19(23)14-24-16-23;/h7-10,18-19,24H,2-6,11-16H2,1H3,(H2,25,26,29);1H/t18?,19-,23+;/m0./s1. The van der Waals surface area contributed by atoms with E-state index >= 15 is 0 Å². The average Bonchev–Trinajstić information content (AvgIpc) is 3.19. The predicted molar refractivity (Wildman–Crippen MR) is 122 cm³/mol. The van der Waals surface area contributed by atoms with E-state index in [-0.39, 0.29) is 23.9 Å². The number of carbonyl (C=O) groups is 2. The number of halogens is 1. The first-order valence-corrected chi connectivity index (χ1v) is 11.2. The van der Waals surface area contributed by atoms with Gasteiger partial charge in [0.1, 0.15) is 0 Å². The first-order chi connectivity index (χ1) is 14.1. The number of fused-ring (bicyclic) bond motifs is 1. The van der Waals surface area contributed by atoms with Crippen LogP contribution in [0.2, 0.25) is 0 Å². The second-order valence-corrected chi connectivity index (χ2v) is 9.19. The highest BCUT2D eigenvalue weighted by atomic mass is 35.5. The van der Waals surface area contributed by atoms with Gasteiger partial charge in [0.2, 0.25) is 5.91 Å². The van der Waals surface area contributed by atoms with Crippen LogP contribution in [-0.2, 0) is 4.79 Å². The fraction of sp³-hybridized carbons (Fsp3) is 0.652. The molecule has 1 unspecified atom stereocenters. The SMILES string of the molecule is Cc1ccc(NC(=O)NCC2CCCN(C(=O)[C@@]34CCCC[C@H]3CNC4)C2)cc1.Cl. The smallest absolute Gasteiger partial charge is 0.319 e. The quantitative estimate of drug-likeness (QED) is 0.678. The number of nitrogens with one attached hydrogen (secondary N) is 3. The molecule has 0 bridgehead atoms. The summed E-state index contributed by atoms with van der Waals surface area (Å²) in [6.45, 7) is 6.09. The highest BCUT2D eigenvalue weighted by Crippen LogP contribution is 2.45. The van der Waals surface area contributed by atoms with Crippen molar-refractivity contribution in [3.63, 3.8) is 0 Å². The summed E-state index contributed by atoms with van der Waals surface area (Å²) in [5.74, 6) is 1.19. The number of hydrogen-bond donors (Lipinski definition) is 3. The molecule has 1 aromatic carbocycles. The van der Waals surface area contributed by atoms with Gasteiger partial charge in [-0.2, -0.15) is 0 Å². The van der Waals surface area contributed by atoms with Crippen LogP contribution in [0, 0.1) is 24.2 Å². The molecule has 166 valence electrons. The predicted octanol–water partition coefficient (Wildman–Crippen LogP) is 3.56. The van der Waals surface area contributed by atoms with Crippen molar-refractivity contribution in [1.82, 2.24) is 15.5 Å². The molecule has 3 fully saturated rings. The Morgan fingerprint density at radius 2 is 1.97 bits per heavy atom. The monoisotopic (exact) mass is 434 g/mol. The number of piperidine rings is 1. The highest BCUT2D eigenvalue weighted by Gasteiger charge is 2.51. The van der Waals surface area contributed by atoms with Gasteiger partial charge < -0.3 is 20.9 Å². The van der Waals surface area contributed by atoms with Crippen molar-refractivity contribution in [2.45, 2.75) is 45.4 Å². The van der Waals surface area contributed by atoms with E-state index < -0.39 is 0 Å². The second-order valence-electron chi connectivity index (χ2n) is 9.19. The van der Waals surface area contributed by atoms with Crippen molar-refractivity contribution >= 4 is 30.0 Å². The van der Waals surface area contributed by atoms with Crippen molar-refractivity contribution in [2.75, 3.05) is 38.0 Å². The maximum Gasteiger partial charge on any atom is 0.319 e. The number of carbonyl (C=O) groups excluding carboxylic acids is 2. The summed E-state index contributed by atoms with van der Waals surface area (Å²) in [7, 11) is 0. The largest absolute Gasteiger partial charge is 0.342 e. The van der Waals surface area contributed by atoms with E-state index in [0.29, 0.717) is 24.3 Å². The maximum absolute atomic E-state index is 13.5. The summed E-state index contributed by atoms with van der Waals surface area (Å²) < 4.78 is 0. The molecular formula is C23H35ClN4O2. The van der Waals surface area contributed by atoms with Gasteiger partial charge in [0, 0.05) is 31.9 Å². The molecular weight excluding hydrogens is 400 g/mol. The summed E-state index contributed by atoms with van der Waals surface area (Å²) >= 11 is 0. The first-order valence-electron chi connectivity index (χ1n) is 11.2. The lowest BCUT2D eigenvalue weighted by Crippen LogP contribution is -2.53. The molecule has 3 N–H and O–H groups in total. The third-order valence-corrected chi connectivity index (χ3v) is 7.13. The molecule has 4 rings (SSSR count). The molecule has 2 aliphatic heterocycles. The van der Waals surface area contributed by atoms with E-state index in [0.717, 1.165) is 51.1 Å². The highest BCUT2D eigenvalue weighted by molar-refractivity contribution is 5.89. The van der Waals surface area contributed by atoms with Crippen molar-refractivity contribution in [3.05, 3.63) is 29.8 Å². The Bertz CT molecular complexity index is 741. The average molecular weight is 435 g/mol. The van der Waals surface area contributed by atoms with Crippen LogP contribution >= 0.6 is 12.4 Å². The Labute approximate surface area is 186 Å². The van der Waals surface area contributed by atoms with Crippen LogP contribution in [0.5, 0.6) is 0 Å². The van der Waals surface area contributed by atoms with Crippen LogP contribution in [0.1, 0.15) is 44.1 Å². The van der Waals surface area contributed by atoms with Crippen LogP contribution in [0.15, 0.2) is 24.3 Å². The molecule has 0 aromatic heterocycles. The van der Waals surface area contributed by atoms with Crippen molar-refractivity contribution in [1.29, 1.82) is 0 Å². The maximum atomic E-state index is 13.5. The van der Waals surface area contributed by atoms with Gasteiger partial charge in [-0.3, -0.25) is 4.79 Å². The lowest BCUT2D eigenvalue weighted by molar-refractivity contribution is -0.147. The van der Waals surface area contributed by atoms with E-state index in [1.54, 1.807) is 0 Å². The number of likely N-dealkylation sites (tertiary alicyclic amines) is 1. The molecule has 2 saturated heterocycles. The number of rotatable bonds is 4. The Kier molecular flexibility index (Phi) is 7.64. The lowest BCUT2D eigenvalue weighted by Gasteiger charge is -2.43. The number of amides is 3. The summed E-state index contributed by atoms with van der Waals surface area (Å²) in [5, 5.41) is 9.37. The van der Waals surface area contributed by atoms with E-state index in [1.165, 1.54) is 24.8 Å². The van der Waals surface area contributed by atoms with Crippen molar-refractivity contribution in [3.8, 4) is 0 Å². The van der Waals surface area contributed by atoms with Crippen LogP contribution in [0.3, 0.4) is 0 Å². The third-order valence-electron chi connectivity index (χ3n) is 7.13. The Hall–Kier alpha value is -1.79. The van der Waals surface area contributed by atoms with Gasteiger partial charge in [-0.1, -0.05) is 30.5 Å². The zero-order chi connectivity index (χ0) is 20.3.